The molecule has 3 fully saturated rings. The number of esters is 1. The Morgan fingerprint density at radius 2 is 1.52 bits per heavy atom. The Hall–Kier alpha value is -1.38. The Morgan fingerprint density at radius 3 is 2.15 bits per heavy atom. The van der Waals surface area contributed by atoms with Crippen LogP contribution in [0, 0.1) is 3.57 Å². The van der Waals surface area contributed by atoms with Crippen molar-refractivity contribution in [2.45, 2.75) is 70.0 Å². The number of fused-ring (bicyclic) bond motifs is 3. The van der Waals surface area contributed by atoms with Gasteiger partial charge in [0, 0.05) is 0 Å². The number of rotatable bonds is 6. The lowest BCUT2D eigenvalue weighted by Crippen LogP contribution is -2.56. The molecule has 0 amide bonds. The Labute approximate surface area is 206 Å². The Kier molecular flexibility index (Phi) is 6.75. The second-order valence-electron chi connectivity index (χ2n) is 8.81. The van der Waals surface area contributed by atoms with E-state index in [1.54, 1.807) is 6.07 Å². The standard InChI is InChI=1S/C22H29IO10/c1-21(2)30-15-12(29-20-18(17(15)31-21)32-22(3,4)33-20)9-28-19(24)10-8-11(25-5)14(26-6)16(27-7)13(10)23/h8,12,15,17-18,20H,9H2,1-7H3/t12-,15+,17+,18-,20-/m1/s1. The third-order valence-electron chi connectivity index (χ3n) is 5.62. The van der Waals surface area contributed by atoms with E-state index in [1.165, 1.54) is 21.3 Å². The SMILES string of the molecule is COc1cc(C(=O)OC[C@H]2O[C@@H]3OC(C)(C)O[C@@H]3[C@H]3OC(C)(C)O[C@H]32)c(I)c(OC)c1OC. The van der Waals surface area contributed by atoms with Gasteiger partial charge < -0.3 is 42.6 Å². The number of hydrogen-bond acceptors (Lipinski definition) is 10. The Bertz CT molecular complexity index is 917. The first-order valence-corrected chi connectivity index (χ1v) is 11.6. The second-order valence-corrected chi connectivity index (χ2v) is 9.89. The first-order valence-electron chi connectivity index (χ1n) is 10.5. The monoisotopic (exact) mass is 580 g/mol. The van der Waals surface area contributed by atoms with Gasteiger partial charge in [-0.3, -0.25) is 0 Å². The summed E-state index contributed by atoms with van der Waals surface area (Å²) in [5, 5.41) is 0. The molecule has 0 aliphatic carbocycles. The number of methoxy groups -OCH3 is 3. The zero-order valence-electron chi connectivity index (χ0n) is 19.6. The summed E-state index contributed by atoms with van der Waals surface area (Å²) in [6, 6.07) is 1.56. The van der Waals surface area contributed by atoms with Gasteiger partial charge in [-0.2, -0.15) is 0 Å². The van der Waals surface area contributed by atoms with E-state index in [4.69, 9.17) is 42.6 Å². The third-order valence-corrected chi connectivity index (χ3v) is 6.69. The molecule has 0 radical (unpaired) electrons. The summed E-state index contributed by atoms with van der Waals surface area (Å²) in [5.41, 5.74) is 0.279. The van der Waals surface area contributed by atoms with Crippen LogP contribution in [0.15, 0.2) is 6.07 Å². The van der Waals surface area contributed by atoms with Gasteiger partial charge in [-0.1, -0.05) is 0 Å². The number of hydrogen-bond donors (Lipinski definition) is 0. The number of carbonyl (C=O) groups is 1. The van der Waals surface area contributed by atoms with Gasteiger partial charge in [0.05, 0.1) is 30.5 Å². The van der Waals surface area contributed by atoms with Gasteiger partial charge in [0.2, 0.25) is 5.75 Å². The fourth-order valence-corrected chi connectivity index (χ4v) is 5.17. The van der Waals surface area contributed by atoms with Gasteiger partial charge in [0.25, 0.3) is 0 Å². The summed E-state index contributed by atoms with van der Waals surface area (Å²) in [5.74, 6) is -1.10. The molecule has 4 rings (SSSR count). The van der Waals surface area contributed by atoms with E-state index in [2.05, 4.69) is 0 Å². The molecule has 3 saturated heterocycles. The average molecular weight is 580 g/mol. The van der Waals surface area contributed by atoms with Crippen LogP contribution in [0.5, 0.6) is 17.2 Å². The average Bonchev–Trinajstić information content (AvgIpc) is 3.24. The minimum absolute atomic E-state index is 0.0702. The van der Waals surface area contributed by atoms with Crippen molar-refractivity contribution in [2.24, 2.45) is 0 Å². The molecule has 33 heavy (non-hydrogen) atoms. The van der Waals surface area contributed by atoms with Crippen molar-refractivity contribution in [1.29, 1.82) is 0 Å². The van der Waals surface area contributed by atoms with Crippen molar-refractivity contribution < 1.29 is 47.4 Å². The van der Waals surface area contributed by atoms with Crippen LogP contribution >= 0.6 is 22.6 Å². The molecule has 0 saturated carbocycles. The van der Waals surface area contributed by atoms with Crippen molar-refractivity contribution >= 4 is 28.6 Å². The maximum atomic E-state index is 13.0. The topological polar surface area (TPSA) is 100 Å². The molecule has 184 valence electrons. The molecular weight excluding hydrogens is 551 g/mol. The lowest BCUT2D eigenvalue weighted by Gasteiger charge is -2.36. The van der Waals surface area contributed by atoms with Crippen LogP contribution in [0.25, 0.3) is 0 Å². The molecule has 10 nitrogen and oxygen atoms in total. The number of benzene rings is 1. The molecule has 3 aliphatic rings. The molecule has 5 atom stereocenters. The lowest BCUT2D eigenvalue weighted by atomic mass is 9.99. The summed E-state index contributed by atoms with van der Waals surface area (Å²) in [4.78, 5) is 13.0. The van der Waals surface area contributed by atoms with Gasteiger partial charge >= 0.3 is 5.97 Å². The molecule has 3 aliphatic heterocycles. The molecular formula is C22H29IO10. The predicted octanol–water partition coefficient (Wildman–Crippen LogP) is 2.87. The van der Waals surface area contributed by atoms with Gasteiger partial charge in [-0.15, -0.1) is 0 Å². The zero-order chi connectivity index (χ0) is 24.1. The van der Waals surface area contributed by atoms with Crippen LogP contribution in [0.1, 0.15) is 38.1 Å². The number of ether oxygens (including phenoxy) is 9. The van der Waals surface area contributed by atoms with Crippen LogP contribution in [-0.2, 0) is 28.4 Å². The summed E-state index contributed by atoms with van der Waals surface area (Å²) in [7, 11) is 4.47. The molecule has 0 unspecified atom stereocenters. The normalized spacial score (nSPS) is 31.5. The minimum Gasteiger partial charge on any atom is -0.493 e. The summed E-state index contributed by atoms with van der Waals surface area (Å²) in [6.45, 7) is 7.20. The molecule has 0 bridgehead atoms. The van der Waals surface area contributed by atoms with E-state index in [0.29, 0.717) is 20.8 Å². The Morgan fingerprint density at radius 1 is 0.909 bits per heavy atom. The van der Waals surface area contributed by atoms with E-state index >= 15 is 0 Å². The van der Waals surface area contributed by atoms with E-state index < -0.39 is 48.2 Å². The van der Waals surface area contributed by atoms with Gasteiger partial charge in [-0.25, -0.2) is 4.79 Å². The molecule has 1 aromatic carbocycles. The number of carbonyl (C=O) groups excluding carboxylic acids is 1. The molecule has 0 spiro atoms. The van der Waals surface area contributed by atoms with Crippen LogP contribution in [0.2, 0.25) is 0 Å². The van der Waals surface area contributed by atoms with Crippen molar-refractivity contribution in [1.82, 2.24) is 0 Å². The first kappa shape index (κ1) is 24.7. The zero-order valence-corrected chi connectivity index (χ0v) is 21.8. The Balaban J connectivity index is 1.54. The van der Waals surface area contributed by atoms with Crippen molar-refractivity contribution in [3.8, 4) is 17.2 Å². The van der Waals surface area contributed by atoms with E-state index in [0.717, 1.165) is 0 Å². The van der Waals surface area contributed by atoms with Crippen LogP contribution in [-0.4, -0.2) is 76.2 Å². The fraction of sp³-hybridized carbons (Fsp3) is 0.682. The van der Waals surface area contributed by atoms with Crippen LogP contribution < -0.4 is 14.2 Å². The van der Waals surface area contributed by atoms with Gasteiger partial charge in [0.1, 0.15) is 31.0 Å². The van der Waals surface area contributed by atoms with Crippen LogP contribution in [0.3, 0.4) is 0 Å². The largest absolute Gasteiger partial charge is 0.493 e. The quantitative estimate of drug-likeness (QED) is 0.369. The predicted molar refractivity (Wildman–Crippen MR) is 122 cm³/mol. The highest BCUT2D eigenvalue weighted by Crippen LogP contribution is 2.45. The van der Waals surface area contributed by atoms with E-state index in [1.807, 2.05) is 50.3 Å². The van der Waals surface area contributed by atoms with Crippen molar-refractivity contribution in [3.05, 3.63) is 15.2 Å². The first-order chi connectivity index (χ1) is 15.5. The molecule has 3 heterocycles. The summed E-state index contributed by atoms with van der Waals surface area (Å²) < 4.78 is 52.5. The summed E-state index contributed by atoms with van der Waals surface area (Å²) >= 11 is 2.01. The van der Waals surface area contributed by atoms with E-state index in [-0.39, 0.29) is 12.2 Å². The third kappa shape index (κ3) is 4.63. The maximum Gasteiger partial charge on any atom is 0.339 e. The van der Waals surface area contributed by atoms with Crippen molar-refractivity contribution in [2.75, 3.05) is 27.9 Å². The second kappa shape index (κ2) is 9.00. The highest BCUT2D eigenvalue weighted by molar-refractivity contribution is 14.1. The molecule has 0 N–H and O–H groups in total. The number of halogens is 1. The van der Waals surface area contributed by atoms with Crippen molar-refractivity contribution in [3.63, 3.8) is 0 Å². The van der Waals surface area contributed by atoms with Crippen LogP contribution in [0.4, 0.5) is 0 Å². The molecule has 1 aromatic rings. The van der Waals surface area contributed by atoms with Gasteiger partial charge in [0.15, 0.2) is 29.4 Å². The van der Waals surface area contributed by atoms with E-state index in [9.17, 15) is 4.79 Å². The molecule has 0 aromatic heterocycles. The lowest BCUT2D eigenvalue weighted by molar-refractivity contribution is -0.240. The molecule has 11 heteroatoms. The smallest absolute Gasteiger partial charge is 0.339 e. The minimum atomic E-state index is -0.835. The highest BCUT2D eigenvalue weighted by atomic mass is 127. The summed E-state index contributed by atoms with van der Waals surface area (Å²) in [6.07, 6.45) is -2.64. The maximum absolute atomic E-state index is 13.0. The fourth-order valence-electron chi connectivity index (χ4n) is 4.33. The highest BCUT2D eigenvalue weighted by Gasteiger charge is 2.60. The van der Waals surface area contributed by atoms with Gasteiger partial charge in [-0.05, 0) is 56.4 Å².